The molecule has 0 saturated heterocycles. The highest BCUT2D eigenvalue weighted by Crippen LogP contribution is 2.46. The Labute approximate surface area is 188 Å². The maximum absolute atomic E-state index is 13.5. The Kier molecular flexibility index (Phi) is 6.21. The number of nitrogens with zero attached hydrogens (tertiary/aromatic N) is 2. The first-order valence-corrected chi connectivity index (χ1v) is 10.9. The smallest absolute Gasteiger partial charge is 0.315 e. The number of methoxy groups -OCH3 is 1. The van der Waals surface area contributed by atoms with Crippen molar-refractivity contribution in [1.82, 2.24) is 4.98 Å². The molecular formula is C26H28N2O4. The highest BCUT2D eigenvalue weighted by atomic mass is 16.5. The van der Waals surface area contributed by atoms with Crippen LogP contribution in [0.3, 0.4) is 0 Å². The average Bonchev–Trinajstić information content (AvgIpc) is 2.78. The molecule has 4 rings (SSSR count). The van der Waals surface area contributed by atoms with Crippen LogP contribution in [-0.2, 0) is 14.3 Å². The van der Waals surface area contributed by atoms with Crippen molar-refractivity contribution in [2.45, 2.75) is 51.6 Å². The van der Waals surface area contributed by atoms with E-state index in [4.69, 9.17) is 14.5 Å². The van der Waals surface area contributed by atoms with Gasteiger partial charge in [0.15, 0.2) is 5.78 Å². The Morgan fingerprint density at radius 2 is 1.72 bits per heavy atom. The molecule has 0 radical (unpaired) electrons. The van der Waals surface area contributed by atoms with Gasteiger partial charge >= 0.3 is 5.97 Å². The molecular weight excluding hydrogens is 404 g/mol. The van der Waals surface area contributed by atoms with Crippen molar-refractivity contribution in [2.24, 2.45) is 10.9 Å². The number of ether oxygens (including phenoxy) is 2. The number of allylic oxidation sites excluding steroid dienone is 2. The van der Waals surface area contributed by atoms with E-state index in [0.717, 1.165) is 22.6 Å². The van der Waals surface area contributed by atoms with Crippen molar-refractivity contribution in [2.75, 3.05) is 7.11 Å². The second-order valence-corrected chi connectivity index (χ2v) is 8.64. The SMILES string of the molecule is COc1ccc([C@H]2CC(=O)C3=C(C2)N=C(C)C(C(=O)OC(C)C)[C@@H]3c2ccncc2)cc1. The highest BCUT2D eigenvalue weighted by molar-refractivity contribution is 6.09. The Balaban J connectivity index is 1.75. The molecule has 166 valence electrons. The van der Waals surface area contributed by atoms with Gasteiger partial charge in [0.25, 0.3) is 0 Å². The van der Waals surface area contributed by atoms with Crippen LogP contribution >= 0.6 is 0 Å². The summed E-state index contributed by atoms with van der Waals surface area (Å²) in [7, 11) is 1.63. The number of pyridine rings is 1. The van der Waals surface area contributed by atoms with Gasteiger partial charge in [0.2, 0.25) is 0 Å². The number of ketones is 1. The molecule has 6 heteroatoms. The van der Waals surface area contributed by atoms with E-state index < -0.39 is 11.8 Å². The van der Waals surface area contributed by atoms with Gasteiger partial charge in [0.1, 0.15) is 11.7 Å². The van der Waals surface area contributed by atoms with Gasteiger partial charge in [0, 0.05) is 41.7 Å². The zero-order chi connectivity index (χ0) is 22.8. The van der Waals surface area contributed by atoms with E-state index in [9.17, 15) is 9.59 Å². The van der Waals surface area contributed by atoms with Crippen molar-refractivity contribution < 1.29 is 19.1 Å². The molecule has 0 fully saturated rings. The Morgan fingerprint density at radius 3 is 2.34 bits per heavy atom. The molecule has 1 aliphatic heterocycles. The van der Waals surface area contributed by atoms with E-state index in [1.807, 2.05) is 57.2 Å². The zero-order valence-corrected chi connectivity index (χ0v) is 18.9. The van der Waals surface area contributed by atoms with Crippen molar-refractivity contribution in [3.8, 4) is 5.75 Å². The summed E-state index contributed by atoms with van der Waals surface area (Å²) in [6, 6.07) is 11.6. The fourth-order valence-electron chi connectivity index (χ4n) is 4.71. The van der Waals surface area contributed by atoms with Gasteiger partial charge in [-0.15, -0.1) is 0 Å². The second kappa shape index (κ2) is 9.07. The lowest BCUT2D eigenvalue weighted by Crippen LogP contribution is -2.38. The van der Waals surface area contributed by atoms with E-state index in [1.54, 1.807) is 19.5 Å². The van der Waals surface area contributed by atoms with Crippen LogP contribution in [0.25, 0.3) is 0 Å². The van der Waals surface area contributed by atoms with Gasteiger partial charge in [0.05, 0.1) is 13.2 Å². The lowest BCUT2D eigenvalue weighted by Gasteiger charge is -2.36. The molecule has 0 spiro atoms. The first-order valence-electron chi connectivity index (χ1n) is 10.9. The number of rotatable bonds is 5. The van der Waals surface area contributed by atoms with Crippen molar-refractivity contribution in [1.29, 1.82) is 0 Å². The molecule has 0 saturated carbocycles. The lowest BCUT2D eigenvalue weighted by molar-refractivity contribution is -0.150. The Bertz CT molecular complexity index is 1070. The van der Waals surface area contributed by atoms with Crippen LogP contribution in [-0.4, -0.2) is 35.7 Å². The van der Waals surface area contributed by atoms with Gasteiger partial charge < -0.3 is 9.47 Å². The summed E-state index contributed by atoms with van der Waals surface area (Å²) < 4.78 is 10.8. The minimum absolute atomic E-state index is 0.0347. The normalized spacial score (nSPS) is 23.0. The molecule has 1 aliphatic carbocycles. The molecule has 2 aromatic rings. The summed E-state index contributed by atoms with van der Waals surface area (Å²) in [6.07, 6.45) is 4.17. The molecule has 1 aromatic heterocycles. The molecule has 3 atom stereocenters. The third-order valence-corrected chi connectivity index (χ3v) is 6.15. The number of aromatic nitrogens is 1. The lowest BCUT2D eigenvalue weighted by atomic mass is 9.69. The van der Waals surface area contributed by atoms with Gasteiger partial charge in [-0.2, -0.15) is 0 Å². The van der Waals surface area contributed by atoms with Gasteiger partial charge in [-0.3, -0.25) is 19.6 Å². The number of aliphatic imine (C=N–C) groups is 1. The maximum Gasteiger partial charge on any atom is 0.315 e. The van der Waals surface area contributed by atoms with Crippen LogP contribution in [0.15, 0.2) is 65.1 Å². The van der Waals surface area contributed by atoms with Crippen LogP contribution in [0, 0.1) is 5.92 Å². The minimum atomic E-state index is -0.625. The Hall–Kier alpha value is -3.28. The molecule has 2 heterocycles. The van der Waals surface area contributed by atoms with Gasteiger partial charge in [-0.05, 0) is 68.5 Å². The van der Waals surface area contributed by atoms with Crippen LogP contribution < -0.4 is 4.74 Å². The third kappa shape index (κ3) is 4.22. The summed E-state index contributed by atoms with van der Waals surface area (Å²) >= 11 is 0. The van der Waals surface area contributed by atoms with Gasteiger partial charge in [-0.1, -0.05) is 12.1 Å². The number of benzene rings is 1. The number of Topliss-reactive ketones (excluding diaryl/α,β-unsaturated/α-hetero) is 1. The molecule has 0 bridgehead atoms. The fraction of sp³-hybridized carbons (Fsp3) is 0.385. The summed E-state index contributed by atoms with van der Waals surface area (Å²) in [4.78, 5) is 35.5. The standard InChI is InChI=1S/C26H28N2O4/c1-15(2)32-26(30)23-16(3)28-21-13-19(17-5-7-20(31-4)8-6-17)14-22(29)25(21)24(23)18-9-11-27-12-10-18/h5-12,15,19,23-24H,13-14H2,1-4H3/t19-,23?,24+/m1/s1. The molecule has 6 nitrogen and oxygen atoms in total. The largest absolute Gasteiger partial charge is 0.497 e. The van der Waals surface area contributed by atoms with E-state index in [2.05, 4.69) is 4.98 Å². The summed E-state index contributed by atoms with van der Waals surface area (Å²) in [5, 5.41) is 0. The summed E-state index contributed by atoms with van der Waals surface area (Å²) in [5.74, 6) is -0.527. The van der Waals surface area contributed by atoms with Crippen LogP contribution in [0.1, 0.15) is 56.6 Å². The molecule has 0 amide bonds. The minimum Gasteiger partial charge on any atom is -0.497 e. The number of esters is 1. The third-order valence-electron chi connectivity index (χ3n) is 6.15. The Morgan fingerprint density at radius 1 is 1.03 bits per heavy atom. The molecule has 0 N–H and O–H groups in total. The second-order valence-electron chi connectivity index (χ2n) is 8.64. The quantitative estimate of drug-likeness (QED) is 0.645. The number of carbonyl (C=O) groups is 2. The van der Waals surface area contributed by atoms with Crippen molar-refractivity contribution in [3.05, 3.63) is 71.2 Å². The topological polar surface area (TPSA) is 77.8 Å². The summed E-state index contributed by atoms with van der Waals surface area (Å²) in [6.45, 7) is 5.50. The number of hydrogen-bond acceptors (Lipinski definition) is 6. The molecule has 1 unspecified atom stereocenters. The van der Waals surface area contributed by atoms with Crippen molar-refractivity contribution in [3.63, 3.8) is 0 Å². The van der Waals surface area contributed by atoms with Crippen LogP contribution in [0.5, 0.6) is 5.75 Å². The van der Waals surface area contributed by atoms with E-state index in [1.165, 1.54) is 0 Å². The first-order chi connectivity index (χ1) is 15.4. The molecule has 2 aliphatic rings. The van der Waals surface area contributed by atoms with Crippen LogP contribution in [0.2, 0.25) is 0 Å². The highest BCUT2D eigenvalue weighted by Gasteiger charge is 2.44. The van der Waals surface area contributed by atoms with E-state index in [0.29, 0.717) is 24.1 Å². The molecule has 1 aromatic carbocycles. The maximum atomic E-state index is 13.5. The van der Waals surface area contributed by atoms with Crippen LogP contribution in [0.4, 0.5) is 0 Å². The predicted molar refractivity (Wildman–Crippen MR) is 122 cm³/mol. The first kappa shape index (κ1) is 21.9. The fourth-order valence-corrected chi connectivity index (χ4v) is 4.71. The van der Waals surface area contributed by atoms with Crippen molar-refractivity contribution >= 4 is 17.5 Å². The number of carbonyl (C=O) groups excluding carboxylic acids is 2. The number of hydrogen-bond donors (Lipinski definition) is 0. The zero-order valence-electron chi connectivity index (χ0n) is 18.9. The monoisotopic (exact) mass is 432 g/mol. The average molecular weight is 433 g/mol. The van der Waals surface area contributed by atoms with Gasteiger partial charge in [-0.25, -0.2) is 0 Å². The molecule has 32 heavy (non-hydrogen) atoms. The summed E-state index contributed by atoms with van der Waals surface area (Å²) in [5.41, 5.74) is 4.05. The predicted octanol–water partition coefficient (Wildman–Crippen LogP) is 4.62. The van der Waals surface area contributed by atoms with E-state index in [-0.39, 0.29) is 23.8 Å². The van der Waals surface area contributed by atoms with E-state index >= 15 is 0 Å².